The summed E-state index contributed by atoms with van der Waals surface area (Å²) in [6.45, 7) is 6.12. The molecule has 0 aliphatic heterocycles. The predicted molar refractivity (Wildman–Crippen MR) is 73.3 cm³/mol. The maximum atomic E-state index is 8.99. The van der Waals surface area contributed by atoms with E-state index in [0.717, 1.165) is 17.0 Å². The van der Waals surface area contributed by atoms with Crippen LogP contribution in [-0.4, -0.2) is 15.1 Å². The lowest BCUT2D eigenvalue weighted by Gasteiger charge is -2.09. The van der Waals surface area contributed by atoms with Gasteiger partial charge < -0.3 is 9.84 Å². The summed E-state index contributed by atoms with van der Waals surface area (Å²) in [5, 5.41) is 8.99. The largest absolute Gasteiger partial charge is 0.424 e. The Morgan fingerprint density at radius 1 is 1.16 bits per heavy atom. The summed E-state index contributed by atoms with van der Waals surface area (Å²) in [6.07, 6.45) is 0. The first-order chi connectivity index (χ1) is 9.08. The van der Waals surface area contributed by atoms with Crippen LogP contribution in [0.5, 0.6) is 11.8 Å². The highest BCUT2D eigenvalue weighted by Crippen LogP contribution is 2.21. The van der Waals surface area contributed by atoms with Gasteiger partial charge in [-0.2, -0.15) is 4.98 Å². The molecule has 1 aromatic heterocycles. The van der Waals surface area contributed by atoms with Crippen molar-refractivity contribution in [1.82, 2.24) is 9.97 Å². The zero-order valence-electron chi connectivity index (χ0n) is 11.4. The molecule has 0 radical (unpaired) electrons. The molecule has 100 valence electrons. The van der Waals surface area contributed by atoms with Crippen molar-refractivity contribution in [2.75, 3.05) is 0 Å². The second-order valence-corrected chi connectivity index (χ2v) is 4.78. The topological polar surface area (TPSA) is 55.2 Å². The Hall–Kier alpha value is -1.94. The molecule has 0 fully saturated rings. The molecule has 0 aliphatic carbocycles. The third-order valence-corrected chi connectivity index (χ3v) is 2.76. The van der Waals surface area contributed by atoms with Gasteiger partial charge in [0.1, 0.15) is 5.75 Å². The summed E-state index contributed by atoms with van der Waals surface area (Å²) >= 11 is 0. The number of aliphatic hydroxyl groups excluding tert-OH is 1. The van der Waals surface area contributed by atoms with Crippen molar-refractivity contribution in [3.8, 4) is 11.8 Å². The number of aryl methyl sites for hydroxylation is 1. The molecule has 19 heavy (non-hydrogen) atoms. The van der Waals surface area contributed by atoms with Crippen LogP contribution in [0.15, 0.2) is 30.3 Å². The van der Waals surface area contributed by atoms with E-state index in [1.54, 1.807) is 12.1 Å². The molecule has 4 heteroatoms. The highest BCUT2D eigenvalue weighted by Gasteiger charge is 2.07. The Morgan fingerprint density at radius 3 is 2.42 bits per heavy atom. The lowest BCUT2D eigenvalue weighted by molar-refractivity contribution is 0.281. The minimum absolute atomic E-state index is 0.0265. The number of hydrogen-bond donors (Lipinski definition) is 1. The maximum absolute atomic E-state index is 8.99. The molecular weight excluding hydrogens is 240 g/mol. The summed E-state index contributed by atoms with van der Waals surface area (Å²) in [7, 11) is 0. The van der Waals surface area contributed by atoms with Gasteiger partial charge in [0.05, 0.1) is 12.3 Å². The van der Waals surface area contributed by atoms with E-state index in [1.807, 2.05) is 25.1 Å². The molecule has 1 N–H and O–H groups in total. The molecule has 4 nitrogen and oxygen atoms in total. The average molecular weight is 258 g/mol. The highest BCUT2D eigenvalue weighted by molar-refractivity contribution is 5.29. The second-order valence-electron chi connectivity index (χ2n) is 4.78. The van der Waals surface area contributed by atoms with Gasteiger partial charge in [-0.05, 0) is 36.6 Å². The smallest absolute Gasteiger partial charge is 0.322 e. The minimum Gasteiger partial charge on any atom is -0.424 e. The first-order valence-electron chi connectivity index (χ1n) is 6.31. The predicted octanol–water partition coefficient (Wildman–Crippen LogP) is 3.19. The highest BCUT2D eigenvalue weighted by atomic mass is 16.5. The fourth-order valence-corrected chi connectivity index (χ4v) is 1.67. The molecule has 0 aliphatic rings. The fourth-order valence-electron chi connectivity index (χ4n) is 1.67. The molecule has 0 saturated carbocycles. The number of aliphatic hydroxyl groups is 1. The van der Waals surface area contributed by atoms with Crippen molar-refractivity contribution >= 4 is 0 Å². The molecule has 0 unspecified atom stereocenters. The molecule has 0 amide bonds. The van der Waals surface area contributed by atoms with Gasteiger partial charge in [-0.15, -0.1) is 0 Å². The van der Waals surface area contributed by atoms with Gasteiger partial charge in [-0.25, -0.2) is 4.98 Å². The Balaban J connectivity index is 2.22. The lowest BCUT2D eigenvalue weighted by Crippen LogP contribution is -2.00. The number of benzene rings is 1. The standard InChI is InChI=1S/C15H18N2O2/c1-10(2)14-8-11(3)16-15(17-14)19-13-6-4-12(9-18)5-7-13/h4-8,10,18H,9H2,1-3H3. The second kappa shape index (κ2) is 5.80. The average Bonchev–Trinajstić information content (AvgIpc) is 2.39. The van der Waals surface area contributed by atoms with Crippen molar-refractivity contribution in [3.05, 3.63) is 47.3 Å². The number of hydrogen-bond acceptors (Lipinski definition) is 4. The van der Waals surface area contributed by atoms with Crippen LogP contribution in [0.3, 0.4) is 0 Å². The van der Waals surface area contributed by atoms with Crippen molar-refractivity contribution < 1.29 is 9.84 Å². The Kier molecular flexibility index (Phi) is 4.12. The zero-order chi connectivity index (χ0) is 13.8. The summed E-state index contributed by atoms with van der Waals surface area (Å²) < 4.78 is 5.65. The summed E-state index contributed by atoms with van der Waals surface area (Å²) in [4.78, 5) is 8.66. The van der Waals surface area contributed by atoms with Crippen LogP contribution in [-0.2, 0) is 6.61 Å². The molecular formula is C15H18N2O2. The zero-order valence-corrected chi connectivity index (χ0v) is 11.4. The van der Waals surface area contributed by atoms with E-state index in [9.17, 15) is 0 Å². The van der Waals surface area contributed by atoms with Crippen molar-refractivity contribution in [1.29, 1.82) is 0 Å². The van der Waals surface area contributed by atoms with Crippen LogP contribution in [0.4, 0.5) is 0 Å². The molecule has 1 aromatic carbocycles. The van der Waals surface area contributed by atoms with Crippen LogP contribution in [0.1, 0.15) is 36.7 Å². The van der Waals surface area contributed by atoms with Crippen LogP contribution >= 0.6 is 0 Å². The number of rotatable bonds is 4. The molecule has 1 heterocycles. The minimum atomic E-state index is 0.0265. The molecule has 0 bridgehead atoms. The van der Waals surface area contributed by atoms with E-state index in [1.165, 1.54) is 0 Å². The number of ether oxygens (including phenoxy) is 1. The molecule has 2 aromatic rings. The van der Waals surface area contributed by atoms with Gasteiger partial charge in [0, 0.05) is 5.69 Å². The van der Waals surface area contributed by atoms with E-state index >= 15 is 0 Å². The summed E-state index contributed by atoms with van der Waals surface area (Å²) in [5.74, 6) is 0.998. The van der Waals surface area contributed by atoms with Crippen molar-refractivity contribution in [3.63, 3.8) is 0 Å². The molecule has 0 saturated heterocycles. The maximum Gasteiger partial charge on any atom is 0.322 e. The Labute approximate surface area is 113 Å². The van der Waals surface area contributed by atoms with Crippen molar-refractivity contribution in [2.45, 2.75) is 33.3 Å². The third-order valence-electron chi connectivity index (χ3n) is 2.76. The van der Waals surface area contributed by atoms with Crippen molar-refractivity contribution in [2.24, 2.45) is 0 Å². The van der Waals surface area contributed by atoms with Crippen LogP contribution in [0.2, 0.25) is 0 Å². The fraction of sp³-hybridized carbons (Fsp3) is 0.333. The monoisotopic (exact) mass is 258 g/mol. The van der Waals surface area contributed by atoms with Crippen LogP contribution < -0.4 is 4.74 Å². The number of nitrogens with zero attached hydrogens (tertiary/aromatic N) is 2. The van der Waals surface area contributed by atoms with Gasteiger partial charge >= 0.3 is 6.01 Å². The molecule has 0 spiro atoms. The molecule has 0 atom stereocenters. The summed E-state index contributed by atoms with van der Waals surface area (Å²) in [6, 6.07) is 9.55. The van der Waals surface area contributed by atoms with E-state index in [4.69, 9.17) is 9.84 Å². The Morgan fingerprint density at radius 2 is 1.84 bits per heavy atom. The molecule has 2 rings (SSSR count). The first-order valence-corrected chi connectivity index (χ1v) is 6.31. The quantitative estimate of drug-likeness (QED) is 0.915. The number of aromatic nitrogens is 2. The van der Waals surface area contributed by atoms with Crippen LogP contribution in [0, 0.1) is 6.92 Å². The Bertz CT molecular complexity index is 551. The van der Waals surface area contributed by atoms with Gasteiger partial charge in [0.2, 0.25) is 0 Å². The van der Waals surface area contributed by atoms with E-state index in [2.05, 4.69) is 23.8 Å². The third kappa shape index (κ3) is 3.51. The van der Waals surface area contributed by atoms with Gasteiger partial charge in [0.25, 0.3) is 0 Å². The van der Waals surface area contributed by atoms with E-state index in [-0.39, 0.29) is 6.61 Å². The SMILES string of the molecule is Cc1cc(C(C)C)nc(Oc2ccc(CO)cc2)n1. The summed E-state index contributed by atoms with van der Waals surface area (Å²) in [5.41, 5.74) is 2.70. The van der Waals surface area contributed by atoms with Crippen LogP contribution in [0.25, 0.3) is 0 Å². The normalized spacial score (nSPS) is 10.8. The van der Waals surface area contributed by atoms with Gasteiger partial charge in [-0.1, -0.05) is 26.0 Å². The van der Waals surface area contributed by atoms with Gasteiger partial charge in [0.15, 0.2) is 0 Å². The van der Waals surface area contributed by atoms with Gasteiger partial charge in [-0.3, -0.25) is 0 Å². The van der Waals surface area contributed by atoms with E-state index in [0.29, 0.717) is 17.7 Å². The lowest BCUT2D eigenvalue weighted by atomic mass is 10.1. The van der Waals surface area contributed by atoms with E-state index < -0.39 is 0 Å². The first kappa shape index (κ1) is 13.5.